The highest BCUT2D eigenvalue weighted by molar-refractivity contribution is 5.89. The molecule has 0 aromatic heterocycles. The summed E-state index contributed by atoms with van der Waals surface area (Å²) < 4.78 is 0. The van der Waals surface area contributed by atoms with Crippen molar-refractivity contribution in [2.75, 3.05) is 11.9 Å². The molecule has 1 aromatic carbocycles. The molecule has 20 heavy (non-hydrogen) atoms. The first-order valence-electron chi connectivity index (χ1n) is 6.97. The zero-order chi connectivity index (χ0) is 14.8. The molecule has 0 aliphatic heterocycles. The molecule has 0 heterocycles. The Morgan fingerprint density at radius 3 is 2.70 bits per heavy atom. The maximum atomic E-state index is 11.6. The predicted octanol–water partition coefficient (Wildman–Crippen LogP) is 3.02. The van der Waals surface area contributed by atoms with Crippen LogP contribution in [0.3, 0.4) is 0 Å². The van der Waals surface area contributed by atoms with E-state index in [1.807, 2.05) is 24.3 Å². The first kappa shape index (κ1) is 16.0. The normalized spacial score (nSPS) is 10.1. The Morgan fingerprint density at radius 2 is 2.00 bits per heavy atom. The van der Waals surface area contributed by atoms with E-state index in [-0.39, 0.29) is 12.5 Å². The zero-order valence-corrected chi connectivity index (χ0v) is 11.8. The Bertz CT molecular complexity index is 446. The van der Waals surface area contributed by atoms with E-state index in [9.17, 15) is 9.59 Å². The lowest BCUT2D eigenvalue weighted by atomic mass is 10.1. The van der Waals surface area contributed by atoms with Crippen LogP contribution in [0.4, 0.5) is 10.5 Å². The summed E-state index contributed by atoms with van der Waals surface area (Å²) in [6.45, 7) is 2.62. The Hall–Kier alpha value is -2.04. The third-order valence-corrected chi connectivity index (χ3v) is 2.95. The van der Waals surface area contributed by atoms with Crippen LogP contribution in [0.15, 0.2) is 24.3 Å². The fourth-order valence-corrected chi connectivity index (χ4v) is 1.82. The molecule has 0 aliphatic rings. The second kappa shape index (κ2) is 8.96. The molecule has 5 heteroatoms. The number of unbranched alkanes of at least 4 members (excludes halogenated alkanes) is 2. The number of carboxylic acids is 1. The van der Waals surface area contributed by atoms with Gasteiger partial charge in [-0.05, 0) is 37.0 Å². The van der Waals surface area contributed by atoms with Gasteiger partial charge < -0.3 is 15.7 Å². The molecule has 0 unspecified atom stereocenters. The molecule has 0 fully saturated rings. The topological polar surface area (TPSA) is 78.4 Å². The number of carbonyl (C=O) groups excluding carboxylic acids is 1. The SMILES string of the molecule is CCc1cccc(NC(=O)NCCCCCC(=O)O)c1. The second-order valence-corrected chi connectivity index (χ2v) is 4.64. The number of hydrogen-bond acceptors (Lipinski definition) is 2. The molecule has 2 amide bonds. The molecule has 0 saturated carbocycles. The number of aliphatic carboxylic acids is 1. The summed E-state index contributed by atoms with van der Waals surface area (Å²) in [6, 6.07) is 7.51. The molecular formula is C15H22N2O3. The number of carboxylic acid groups (broad SMARTS) is 1. The van der Waals surface area contributed by atoms with E-state index >= 15 is 0 Å². The van der Waals surface area contributed by atoms with Gasteiger partial charge in [-0.2, -0.15) is 0 Å². The van der Waals surface area contributed by atoms with Crippen molar-refractivity contribution in [2.45, 2.75) is 39.0 Å². The van der Waals surface area contributed by atoms with Crippen LogP contribution in [-0.4, -0.2) is 23.7 Å². The summed E-state index contributed by atoms with van der Waals surface area (Å²) in [6.07, 6.45) is 3.36. The number of urea groups is 1. The van der Waals surface area contributed by atoms with Gasteiger partial charge in [-0.15, -0.1) is 0 Å². The number of carbonyl (C=O) groups is 2. The molecule has 0 spiro atoms. The van der Waals surface area contributed by atoms with Gasteiger partial charge in [0.15, 0.2) is 0 Å². The molecule has 0 atom stereocenters. The minimum absolute atomic E-state index is 0.190. The third kappa shape index (κ3) is 6.78. The fraction of sp³-hybridized carbons (Fsp3) is 0.467. The summed E-state index contributed by atoms with van der Waals surface area (Å²) in [4.78, 5) is 22.0. The molecule has 0 radical (unpaired) electrons. The Labute approximate surface area is 119 Å². The Kier molecular flexibility index (Phi) is 7.17. The molecule has 3 N–H and O–H groups in total. The van der Waals surface area contributed by atoms with E-state index in [4.69, 9.17) is 5.11 Å². The summed E-state index contributed by atoms with van der Waals surface area (Å²) in [7, 11) is 0. The number of aryl methyl sites for hydroxylation is 1. The van der Waals surface area contributed by atoms with Crippen LogP contribution in [0.2, 0.25) is 0 Å². The first-order valence-corrected chi connectivity index (χ1v) is 6.97. The van der Waals surface area contributed by atoms with Gasteiger partial charge >= 0.3 is 12.0 Å². The number of rotatable bonds is 8. The van der Waals surface area contributed by atoms with Crippen LogP contribution in [-0.2, 0) is 11.2 Å². The molecular weight excluding hydrogens is 256 g/mol. The zero-order valence-electron chi connectivity index (χ0n) is 11.8. The number of nitrogens with one attached hydrogen (secondary N) is 2. The Morgan fingerprint density at radius 1 is 1.20 bits per heavy atom. The van der Waals surface area contributed by atoms with Crippen molar-refractivity contribution in [1.82, 2.24) is 5.32 Å². The standard InChI is InChI=1S/C15H22N2O3/c1-2-12-7-6-8-13(11-12)17-15(20)16-10-5-3-4-9-14(18)19/h6-8,11H,2-5,9-10H2,1H3,(H,18,19)(H2,16,17,20). The van der Waals surface area contributed by atoms with Gasteiger partial charge in [-0.25, -0.2) is 4.79 Å². The summed E-state index contributed by atoms with van der Waals surface area (Å²) in [5, 5.41) is 14.0. The summed E-state index contributed by atoms with van der Waals surface area (Å²) in [5.41, 5.74) is 1.96. The maximum Gasteiger partial charge on any atom is 0.319 e. The van der Waals surface area contributed by atoms with Crippen LogP contribution in [0, 0.1) is 0 Å². The van der Waals surface area contributed by atoms with E-state index in [0.717, 1.165) is 24.9 Å². The van der Waals surface area contributed by atoms with Crippen LogP contribution < -0.4 is 10.6 Å². The van der Waals surface area contributed by atoms with Gasteiger partial charge in [0.25, 0.3) is 0 Å². The minimum Gasteiger partial charge on any atom is -0.481 e. The number of amides is 2. The third-order valence-electron chi connectivity index (χ3n) is 2.95. The molecule has 0 saturated heterocycles. The van der Waals surface area contributed by atoms with Gasteiger partial charge in [-0.3, -0.25) is 4.79 Å². The smallest absolute Gasteiger partial charge is 0.319 e. The van der Waals surface area contributed by atoms with E-state index in [1.54, 1.807) is 0 Å². The molecule has 1 rings (SSSR count). The number of hydrogen-bond donors (Lipinski definition) is 3. The van der Waals surface area contributed by atoms with Crippen molar-refractivity contribution in [2.24, 2.45) is 0 Å². The quantitative estimate of drug-likeness (QED) is 0.640. The van der Waals surface area contributed by atoms with Crippen molar-refractivity contribution in [3.63, 3.8) is 0 Å². The second-order valence-electron chi connectivity index (χ2n) is 4.64. The van der Waals surface area contributed by atoms with Crippen molar-refractivity contribution in [3.8, 4) is 0 Å². The lowest BCUT2D eigenvalue weighted by molar-refractivity contribution is -0.137. The fourth-order valence-electron chi connectivity index (χ4n) is 1.82. The minimum atomic E-state index is -0.772. The first-order chi connectivity index (χ1) is 9.61. The van der Waals surface area contributed by atoms with Crippen LogP contribution in [0.25, 0.3) is 0 Å². The lowest BCUT2D eigenvalue weighted by Gasteiger charge is -2.08. The average Bonchev–Trinajstić information content (AvgIpc) is 2.42. The van der Waals surface area contributed by atoms with Gasteiger partial charge in [0.05, 0.1) is 0 Å². The monoisotopic (exact) mass is 278 g/mol. The van der Waals surface area contributed by atoms with Crippen molar-refractivity contribution < 1.29 is 14.7 Å². The molecule has 0 bridgehead atoms. The van der Waals surface area contributed by atoms with Crippen LogP contribution in [0.5, 0.6) is 0 Å². The lowest BCUT2D eigenvalue weighted by Crippen LogP contribution is -2.29. The van der Waals surface area contributed by atoms with E-state index in [0.29, 0.717) is 13.0 Å². The van der Waals surface area contributed by atoms with Crippen LogP contribution in [0.1, 0.15) is 38.2 Å². The number of benzene rings is 1. The molecule has 1 aromatic rings. The highest BCUT2D eigenvalue weighted by Gasteiger charge is 2.02. The van der Waals surface area contributed by atoms with E-state index in [2.05, 4.69) is 17.6 Å². The van der Waals surface area contributed by atoms with Crippen molar-refractivity contribution >= 4 is 17.7 Å². The highest BCUT2D eigenvalue weighted by Crippen LogP contribution is 2.10. The highest BCUT2D eigenvalue weighted by atomic mass is 16.4. The maximum absolute atomic E-state index is 11.6. The summed E-state index contributed by atoms with van der Waals surface area (Å²) >= 11 is 0. The van der Waals surface area contributed by atoms with E-state index in [1.165, 1.54) is 5.56 Å². The van der Waals surface area contributed by atoms with Crippen LogP contribution >= 0.6 is 0 Å². The largest absolute Gasteiger partial charge is 0.481 e. The van der Waals surface area contributed by atoms with Crippen molar-refractivity contribution in [1.29, 1.82) is 0 Å². The van der Waals surface area contributed by atoms with Gasteiger partial charge in [0, 0.05) is 18.7 Å². The Balaban J connectivity index is 2.18. The molecule has 5 nitrogen and oxygen atoms in total. The van der Waals surface area contributed by atoms with Gasteiger partial charge in [0.2, 0.25) is 0 Å². The van der Waals surface area contributed by atoms with Gasteiger partial charge in [0.1, 0.15) is 0 Å². The van der Waals surface area contributed by atoms with E-state index < -0.39 is 5.97 Å². The molecule has 110 valence electrons. The molecule has 0 aliphatic carbocycles. The summed E-state index contributed by atoms with van der Waals surface area (Å²) in [5.74, 6) is -0.772. The van der Waals surface area contributed by atoms with Gasteiger partial charge in [-0.1, -0.05) is 25.5 Å². The number of anilines is 1. The van der Waals surface area contributed by atoms with Crippen molar-refractivity contribution in [3.05, 3.63) is 29.8 Å². The predicted molar refractivity (Wildman–Crippen MR) is 78.9 cm³/mol. The average molecular weight is 278 g/mol.